The van der Waals surface area contributed by atoms with Crippen LogP contribution in [0.1, 0.15) is 5.56 Å². The van der Waals surface area contributed by atoms with Gasteiger partial charge in [-0.3, -0.25) is 4.72 Å². The standard InChI is InChI=1S/C8H10N2O2S/c9-13(11,12)10-7-6-8-4-2-1-3-5-8/h1-7,10H,(H2,9,11,12). The van der Waals surface area contributed by atoms with Crippen molar-refractivity contribution in [2.75, 3.05) is 0 Å². The van der Waals surface area contributed by atoms with Crippen molar-refractivity contribution in [2.24, 2.45) is 5.14 Å². The lowest BCUT2D eigenvalue weighted by atomic mass is 10.2. The van der Waals surface area contributed by atoms with Crippen molar-refractivity contribution in [3.05, 3.63) is 42.1 Å². The summed E-state index contributed by atoms with van der Waals surface area (Å²) in [4.78, 5) is 0. The van der Waals surface area contributed by atoms with Crippen LogP contribution in [0.4, 0.5) is 0 Å². The van der Waals surface area contributed by atoms with Crippen LogP contribution >= 0.6 is 0 Å². The van der Waals surface area contributed by atoms with Gasteiger partial charge in [-0.25, -0.2) is 5.14 Å². The lowest BCUT2D eigenvalue weighted by Gasteiger charge is -1.94. The van der Waals surface area contributed by atoms with Crippen molar-refractivity contribution < 1.29 is 8.42 Å². The molecule has 0 aliphatic carbocycles. The molecule has 0 bridgehead atoms. The van der Waals surface area contributed by atoms with E-state index in [2.05, 4.69) is 0 Å². The van der Waals surface area contributed by atoms with Gasteiger partial charge in [0.05, 0.1) is 0 Å². The zero-order valence-corrected chi connectivity index (χ0v) is 7.66. The van der Waals surface area contributed by atoms with Crippen molar-refractivity contribution in [3.8, 4) is 0 Å². The fraction of sp³-hybridized carbons (Fsp3) is 0. The van der Waals surface area contributed by atoms with E-state index in [1.54, 1.807) is 6.08 Å². The van der Waals surface area contributed by atoms with Crippen LogP contribution < -0.4 is 9.86 Å². The normalized spacial score (nSPS) is 11.8. The maximum atomic E-state index is 10.4. The largest absolute Gasteiger partial charge is 0.296 e. The molecule has 0 aliphatic rings. The van der Waals surface area contributed by atoms with Crippen LogP contribution in [0.5, 0.6) is 0 Å². The minimum absolute atomic E-state index is 0.902. The van der Waals surface area contributed by atoms with E-state index >= 15 is 0 Å². The summed E-state index contributed by atoms with van der Waals surface area (Å²) in [6.07, 6.45) is 2.90. The predicted molar refractivity (Wildman–Crippen MR) is 51.7 cm³/mol. The van der Waals surface area contributed by atoms with Crippen LogP contribution in [0.3, 0.4) is 0 Å². The summed E-state index contributed by atoms with van der Waals surface area (Å²) in [5, 5.41) is 4.71. The molecule has 1 rings (SSSR count). The lowest BCUT2D eigenvalue weighted by Crippen LogP contribution is -2.25. The summed E-state index contributed by atoms with van der Waals surface area (Å²) < 4.78 is 22.9. The molecule has 1 aromatic rings. The molecule has 0 saturated heterocycles. The molecule has 0 heterocycles. The Morgan fingerprint density at radius 2 is 1.85 bits per heavy atom. The summed E-state index contributed by atoms with van der Waals surface area (Å²) in [6, 6.07) is 9.29. The highest BCUT2D eigenvalue weighted by Crippen LogP contribution is 1.99. The van der Waals surface area contributed by atoms with Gasteiger partial charge in [-0.2, -0.15) is 8.42 Å². The minimum atomic E-state index is -3.63. The Morgan fingerprint density at radius 3 is 2.38 bits per heavy atom. The predicted octanol–water partition coefficient (Wildman–Crippen LogP) is 0.450. The average molecular weight is 198 g/mol. The Kier molecular flexibility index (Phi) is 3.05. The molecule has 0 radical (unpaired) electrons. The third-order valence-corrected chi connectivity index (χ3v) is 1.77. The first kappa shape index (κ1) is 9.76. The third kappa shape index (κ3) is 4.29. The smallest absolute Gasteiger partial charge is 0.278 e. The van der Waals surface area contributed by atoms with Gasteiger partial charge in [-0.1, -0.05) is 30.3 Å². The van der Waals surface area contributed by atoms with Crippen LogP contribution in [-0.2, 0) is 10.2 Å². The number of nitrogens with two attached hydrogens (primary N) is 1. The maximum Gasteiger partial charge on any atom is 0.296 e. The van der Waals surface area contributed by atoms with E-state index in [4.69, 9.17) is 5.14 Å². The van der Waals surface area contributed by atoms with Gasteiger partial charge in [-0.05, 0) is 11.6 Å². The Labute approximate surface area is 77.3 Å². The maximum absolute atomic E-state index is 10.4. The monoisotopic (exact) mass is 198 g/mol. The van der Waals surface area contributed by atoms with Gasteiger partial charge < -0.3 is 0 Å². The van der Waals surface area contributed by atoms with E-state index in [0.29, 0.717) is 0 Å². The lowest BCUT2D eigenvalue weighted by molar-refractivity contribution is 0.592. The first-order chi connectivity index (χ1) is 6.08. The van der Waals surface area contributed by atoms with Crippen molar-refractivity contribution in [3.63, 3.8) is 0 Å². The van der Waals surface area contributed by atoms with E-state index in [1.807, 2.05) is 35.1 Å². The van der Waals surface area contributed by atoms with E-state index in [-0.39, 0.29) is 0 Å². The van der Waals surface area contributed by atoms with Crippen molar-refractivity contribution in [1.82, 2.24) is 4.72 Å². The molecule has 3 N–H and O–H groups in total. The molecule has 0 spiro atoms. The van der Waals surface area contributed by atoms with E-state index in [0.717, 1.165) is 5.56 Å². The summed E-state index contributed by atoms with van der Waals surface area (Å²) in [6.45, 7) is 0. The summed E-state index contributed by atoms with van der Waals surface area (Å²) in [5.74, 6) is 0. The fourth-order valence-electron chi connectivity index (χ4n) is 0.789. The Bertz CT molecular complexity index is 384. The van der Waals surface area contributed by atoms with Crippen LogP contribution in [0.15, 0.2) is 36.5 Å². The van der Waals surface area contributed by atoms with E-state index < -0.39 is 10.2 Å². The van der Waals surface area contributed by atoms with Crippen molar-refractivity contribution in [1.29, 1.82) is 0 Å². The molecule has 1 aromatic carbocycles. The molecule has 0 atom stereocenters. The topological polar surface area (TPSA) is 72.2 Å². The molecule has 4 nitrogen and oxygen atoms in total. The van der Waals surface area contributed by atoms with Gasteiger partial charge in [-0.15, -0.1) is 0 Å². The van der Waals surface area contributed by atoms with Crippen LogP contribution in [0, 0.1) is 0 Å². The molecule has 0 aliphatic heterocycles. The second-order valence-corrected chi connectivity index (χ2v) is 3.73. The number of hydrogen-bond donors (Lipinski definition) is 2. The minimum Gasteiger partial charge on any atom is -0.278 e. The summed E-state index contributed by atoms with van der Waals surface area (Å²) in [7, 11) is -3.63. The van der Waals surface area contributed by atoms with Crippen LogP contribution in [0.2, 0.25) is 0 Å². The molecule has 0 aromatic heterocycles. The van der Waals surface area contributed by atoms with Crippen molar-refractivity contribution >= 4 is 16.3 Å². The summed E-state index contributed by atoms with van der Waals surface area (Å²) >= 11 is 0. The highest BCUT2D eigenvalue weighted by molar-refractivity contribution is 7.87. The fourth-order valence-corrected chi connectivity index (χ4v) is 1.05. The highest BCUT2D eigenvalue weighted by Gasteiger charge is 1.92. The van der Waals surface area contributed by atoms with Gasteiger partial charge in [0.2, 0.25) is 0 Å². The van der Waals surface area contributed by atoms with E-state index in [9.17, 15) is 8.42 Å². The van der Waals surface area contributed by atoms with Crippen molar-refractivity contribution in [2.45, 2.75) is 0 Å². The van der Waals surface area contributed by atoms with Gasteiger partial charge in [0.25, 0.3) is 10.2 Å². The van der Waals surface area contributed by atoms with Gasteiger partial charge >= 0.3 is 0 Å². The number of benzene rings is 1. The van der Waals surface area contributed by atoms with Crippen LogP contribution in [0.25, 0.3) is 6.08 Å². The third-order valence-electron chi connectivity index (χ3n) is 1.31. The van der Waals surface area contributed by atoms with Crippen LogP contribution in [-0.4, -0.2) is 8.42 Å². The molecule has 0 amide bonds. The SMILES string of the molecule is NS(=O)(=O)NC=Cc1ccccc1. The molecular formula is C8H10N2O2S. The number of rotatable bonds is 3. The van der Waals surface area contributed by atoms with E-state index in [1.165, 1.54) is 6.20 Å². The quantitative estimate of drug-likeness (QED) is 0.740. The first-order valence-electron chi connectivity index (χ1n) is 3.59. The highest BCUT2D eigenvalue weighted by atomic mass is 32.2. The second-order valence-electron chi connectivity index (χ2n) is 2.41. The molecule has 70 valence electrons. The molecule has 0 unspecified atom stereocenters. The van der Waals surface area contributed by atoms with Gasteiger partial charge in [0.15, 0.2) is 0 Å². The zero-order valence-electron chi connectivity index (χ0n) is 6.84. The number of hydrogen-bond acceptors (Lipinski definition) is 2. The van der Waals surface area contributed by atoms with Gasteiger partial charge in [0, 0.05) is 6.20 Å². The second kappa shape index (κ2) is 4.06. The Balaban J connectivity index is 2.61. The average Bonchev–Trinajstić information content (AvgIpc) is 2.04. The zero-order chi connectivity index (χ0) is 9.73. The number of nitrogens with one attached hydrogen (secondary N) is 1. The molecule has 0 saturated carbocycles. The first-order valence-corrected chi connectivity index (χ1v) is 5.14. The summed E-state index contributed by atoms with van der Waals surface area (Å²) in [5.41, 5.74) is 0.902. The Morgan fingerprint density at radius 1 is 1.23 bits per heavy atom. The molecule has 5 heteroatoms. The molecular weight excluding hydrogens is 188 g/mol. The van der Waals surface area contributed by atoms with Gasteiger partial charge in [0.1, 0.15) is 0 Å². The molecule has 0 fully saturated rings. The Hall–Kier alpha value is -1.33. The molecule has 13 heavy (non-hydrogen) atoms.